The van der Waals surface area contributed by atoms with Gasteiger partial charge in [-0.3, -0.25) is 4.79 Å². The van der Waals surface area contributed by atoms with Gasteiger partial charge in [-0.15, -0.1) is 0 Å². The van der Waals surface area contributed by atoms with Crippen LogP contribution in [0.4, 0.5) is 0 Å². The highest BCUT2D eigenvalue weighted by Gasteiger charge is 2.27. The maximum atomic E-state index is 11.2. The third kappa shape index (κ3) is 1.92. The molecule has 0 unspecified atom stereocenters. The number of carbonyl (C=O) groups excluding carboxylic acids is 1. The average molecular weight is 193 g/mol. The highest BCUT2D eigenvalue weighted by molar-refractivity contribution is 5.85. The molecule has 3 heteroatoms. The zero-order valence-electron chi connectivity index (χ0n) is 8.95. The number of aryl methyl sites for hydroxylation is 1. The second-order valence-electron chi connectivity index (χ2n) is 3.91. The van der Waals surface area contributed by atoms with E-state index in [4.69, 9.17) is 5.73 Å². The van der Waals surface area contributed by atoms with Crippen LogP contribution < -0.4 is 10.3 Å². The van der Waals surface area contributed by atoms with Gasteiger partial charge < -0.3 is 5.73 Å². The maximum absolute atomic E-state index is 11.2. The van der Waals surface area contributed by atoms with Crippen LogP contribution in [0.5, 0.6) is 0 Å². The lowest BCUT2D eigenvalue weighted by atomic mass is 9.85. The largest absolute Gasteiger partial charge is 0.369 e. The van der Waals surface area contributed by atoms with Gasteiger partial charge in [0, 0.05) is 12.1 Å². The van der Waals surface area contributed by atoms with Crippen LogP contribution in [0.3, 0.4) is 0 Å². The minimum atomic E-state index is -0.590. The summed E-state index contributed by atoms with van der Waals surface area (Å²) in [5.74, 6) is -0.299. The highest BCUT2D eigenvalue weighted by atomic mass is 16.1. The Kier molecular flexibility index (Phi) is 2.89. The van der Waals surface area contributed by atoms with Gasteiger partial charge in [-0.1, -0.05) is 0 Å². The van der Waals surface area contributed by atoms with E-state index in [2.05, 4.69) is 6.92 Å². The first kappa shape index (κ1) is 10.7. The Morgan fingerprint density at radius 2 is 1.93 bits per heavy atom. The van der Waals surface area contributed by atoms with Crippen LogP contribution >= 0.6 is 0 Å². The number of nitrogens with zero attached hydrogens (tertiary/aromatic N) is 1. The van der Waals surface area contributed by atoms with Crippen molar-refractivity contribution in [2.75, 3.05) is 0 Å². The van der Waals surface area contributed by atoms with Gasteiger partial charge in [-0.2, -0.15) is 0 Å². The quantitative estimate of drug-likeness (QED) is 0.708. The number of hydrogen-bond acceptors (Lipinski definition) is 1. The van der Waals surface area contributed by atoms with E-state index in [0.717, 1.165) is 12.1 Å². The number of amides is 1. The molecule has 0 aliphatic heterocycles. The van der Waals surface area contributed by atoms with Crippen molar-refractivity contribution in [1.82, 2.24) is 0 Å². The molecule has 0 saturated heterocycles. The smallest absolute Gasteiger partial charge is 0.227 e. The summed E-state index contributed by atoms with van der Waals surface area (Å²) in [6.45, 7) is 6.66. The molecule has 0 aliphatic rings. The van der Waals surface area contributed by atoms with E-state index in [9.17, 15) is 4.79 Å². The Balaban J connectivity index is 3.02. The zero-order chi connectivity index (χ0) is 10.8. The van der Waals surface area contributed by atoms with Gasteiger partial charge in [0.05, 0.1) is 5.41 Å². The SMILES string of the molecule is CC[n+]1ccc(C(C)(C)C(N)=O)cc1. The summed E-state index contributed by atoms with van der Waals surface area (Å²) in [5, 5.41) is 0. The predicted molar refractivity (Wildman–Crippen MR) is 54.5 cm³/mol. The molecule has 0 bridgehead atoms. The van der Waals surface area contributed by atoms with Crippen LogP contribution in [-0.4, -0.2) is 5.91 Å². The predicted octanol–water partition coefficient (Wildman–Crippen LogP) is 0.757. The van der Waals surface area contributed by atoms with Crippen LogP contribution in [0.2, 0.25) is 0 Å². The first-order valence-electron chi connectivity index (χ1n) is 4.78. The number of pyridine rings is 1. The van der Waals surface area contributed by atoms with Gasteiger partial charge in [0.1, 0.15) is 6.54 Å². The molecule has 0 fully saturated rings. The molecule has 1 aromatic rings. The second-order valence-corrected chi connectivity index (χ2v) is 3.91. The number of hydrogen-bond donors (Lipinski definition) is 1. The van der Waals surface area contributed by atoms with Crippen LogP contribution in [-0.2, 0) is 16.8 Å². The number of rotatable bonds is 3. The molecule has 1 rings (SSSR count). The lowest BCUT2D eigenvalue weighted by Crippen LogP contribution is -2.37. The fourth-order valence-electron chi connectivity index (χ4n) is 1.23. The van der Waals surface area contributed by atoms with Crippen molar-refractivity contribution in [2.24, 2.45) is 5.73 Å². The third-order valence-corrected chi connectivity index (χ3v) is 2.59. The normalized spacial score (nSPS) is 11.4. The van der Waals surface area contributed by atoms with Crippen molar-refractivity contribution in [3.8, 4) is 0 Å². The fourth-order valence-corrected chi connectivity index (χ4v) is 1.23. The van der Waals surface area contributed by atoms with Gasteiger partial charge in [-0.25, -0.2) is 4.57 Å². The van der Waals surface area contributed by atoms with Crippen molar-refractivity contribution in [3.63, 3.8) is 0 Å². The summed E-state index contributed by atoms with van der Waals surface area (Å²) in [7, 11) is 0. The summed E-state index contributed by atoms with van der Waals surface area (Å²) >= 11 is 0. The van der Waals surface area contributed by atoms with E-state index in [-0.39, 0.29) is 5.91 Å². The lowest BCUT2D eigenvalue weighted by Gasteiger charge is -2.19. The van der Waals surface area contributed by atoms with Crippen LogP contribution in [0.15, 0.2) is 24.5 Å². The van der Waals surface area contributed by atoms with E-state index >= 15 is 0 Å². The monoisotopic (exact) mass is 193 g/mol. The Morgan fingerprint density at radius 3 is 2.29 bits per heavy atom. The molecule has 2 N–H and O–H groups in total. The molecule has 14 heavy (non-hydrogen) atoms. The minimum absolute atomic E-state index is 0.299. The molecule has 0 aliphatic carbocycles. The molecule has 0 radical (unpaired) electrons. The van der Waals surface area contributed by atoms with Gasteiger partial charge in [0.25, 0.3) is 0 Å². The minimum Gasteiger partial charge on any atom is -0.369 e. The molecule has 0 aromatic carbocycles. The van der Waals surface area contributed by atoms with Crippen molar-refractivity contribution < 1.29 is 9.36 Å². The topological polar surface area (TPSA) is 47.0 Å². The number of carbonyl (C=O) groups is 1. The van der Waals surface area contributed by atoms with Crippen LogP contribution in [0.1, 0.15) is 26.3 Å². The number of nitrogens with two attached hydrogens (primary N) is 1. The average Bonchev–Trinajstić information content (AvgIpc) is 2.17. The van der Waals surface area contributed by atoms with Crippen LogP contribution in [0, 0.1) is 0 Å². The lowest BCUT2D eigenvalue weighted by molar-refractivity contribution is -0.693. The summed E-state index contributed by atoms with van der Waals surface area (Å²) < 4.78 is 2.04. The molecule has 0 atom stereocenters. The summed E-state index contributed by atoms with van der Waals surface area (Å²) in [4.78, 5) is 11.2. The Hall–Kier alpha value is -1.38. The van der Waals surface area contributed by atoms with E-state index in [1.807, 2.05) is 42.9 Å². The van der Waals surface area contributed by atoms with E-state index in [1.165, 1.54) is 0 Å². The first-order chi connectivity index (χ1) is 6.48. The summed E-state index contributed by atoms with van der Waals surface area (Å²) in [5.41, 5.74) is 5.69. The molecule has 0 saturated carbocycles. The zero-order valence-corrected chi connectivity index (χ0v) is 8.95. The molecule has 1 heterocycles. The highest BCUT2D eigenvalue weighted by Crippen LogP contribution is 2.20. The maximum Gasteiger partial charge on any atom is 0.227 e. The first-order valence-corrected chi connectivity index (χ1v) is 4.78. The number of aromatic nitrogens is 1. The summed E-state index contributed by atoms with van der Waals surface area (Å²) in [6, 6.07) is 3.88. The Morgan fingerprint density at radius 1 is 1.43 bits per heavy atom. The van der Waals surface area contributed by atoms with Crippen molar-refractivity contribution in [3.05, 3.63) is 30.1 Å². The molecule has 1 amide bonds. The Labute approximate surface area is 84.6 Å². The van der Waals surface area contributed by atoms with Gasteiger partial charge >= 0.3 is 0 Å². The van der Waals surface area contributed by atoms with Crippen molar-refractivity contribution in [1.29, 1.82) is 0 Å². The second kappa shape index (κ2) is 3.78. The van der Waals surface area contributed by atoms with Gasteiger partial charge in [-0.05, 0) is 26.3 Å². The third-order valence-electron chi connectivity index (χ3n) is 2.59. The molecule has 1 aromatic heterocycles. The van der Waals surface area contributed by atoms with E-state index in [0.29, 0.717) is 0 Å². The molecule has 0 spiro atoms. The summed E-state index contributed by atoms with van der Waals surface area (Å²) in [6.07, 6.45) is 3.92. The molecular weight excluding hydrogens is 176 g/mol. The van der Waals surface area contributed by atoms with Crippen molar-refractivity contribution >= 4 is 5.91 Å². The van der Waals surface area contributed by atoms with Gasteiger partial charge in [0.2, 0.25) is 5.91 Å². The molecule has 3 nitrogen and oxygen atoms in total. The molecule has 76 valence electrons. The Bertz CT molecular complexity index is 328. The molecular formula is C11H17N2O+. The van der Waals surface area contributed by atoms with Crippen LogP contribution in [0.25, 0.3) is 0 Å². The van der Waals surface area contributed by atoms with Crippen molar-refractivity contribution in [2.45, 2.75) is 32.7 Å². The van der Waals surface area contributed by atoms with Gasteiger partial charge in [0.15, 0.2) is 12.4 Å². The van der Waals surface area contributed by atoms with E-state index < -0.39 is 5.41 Å². The standard InChI is InChI=1S/C11H16N2O/c1-4-13-7-5-9(6-8-13)11(2,3)10(12)14/h5-8H,4H2,1-3H3,(H-,12,14)/p+1. The number of primary amides is 1. The fraction of sp³-hybridized carbons (Fsp3) is 0.455. The van der Waals surface area contributed by atoms with E-state index in [1.54, 1.807) is 0 Å².